The van der Waals surface area contributed by atoms with Gasteiger partial charge in [0.25, 0.3) is 5.91 Å². The molecule has 1 aliphatic rings. The molecule has 0 fully saturated rings. The van der Waals surface area contributed by atoms with Gasteiger partial charge in [0.15, 0.2) is 0 Å². The summed E-state index contributed by atoms with van der Waals surface area (Å²) < 4.78 is 43.2. The Hall–Kier alpha value is -2.50. The van der Waals surface area contributed by atoms with Gasteiger partial charge in [0.2, 0.25) is 0 Å². The Morgan fingerprint density at radius 3 is 2.36 bits per heavy atom. The number of ether oxygens (including phenoxy) is 1. The second kappa shape index (κ2) is 5.36. The zero-order chi connectivity index (χ0) is 15.7. The van der Waals surface area contributed by atoms with E-state index in [0.29, 0.717) is 35.6 Å². The lowest BCUT2D eigenvalue weighted by Gasteiger charge is -2.10. The topological polar surface area (TPSA) is 38.3 Å². The Morgan fingerprint density at radius 1 is 1.00 bits per heavy atom. The van der Waals surface area contributed by atoms with E-state index >= 15 is 0 Å². The third-order valence-corrected chi connectivity index (χ3v) is 3.41. The summed E-state index contributed by atoms with van der Waals surface area (Å²) in [7, 11) is 0. The van der Waals surface area contributed by atoms with Gasteiger partial charge in [0.05, 0.1) is 17.7 Å². The van der Waals surface area contributed by atoms with Crippen molar-refractivity contribution in [1.82, 2.24) is 5.32 Å². The number of carbonyl (C=O) groups excluding carboxylic acids is 1. The van der Waals surface area contributed by atoms with Gasteiger partial charge in [-0.25, -0.2) is 0 Å². The molecule has 0 bridgehead atoms. The number of hydrogen-bond donors (Lipinski definition) is 1. The fraction of sp³-hybridized carbons (Fsp3) is 0.188. The smallest absolute Gasteiger partial charge is 0.416 e. The van der Waals surface area contributed by atoms with Crippen molar-refractivity contribution in [3.8, 4) is 16.9 Å². The van der Waals surface area contributed by atoms with Crippen LogP contribution in [0.2, 0.25) is 0 Å². The molecule has 6 heteroatoms. The summed E-state index contributed by atoms with van der Waals surface area (Å²) in [6.45, 7) is 0.807. The van der Waals surface area contributed by atoms with E-state index < -0.39 is 11.7 Å². The zero-order valence-corrected chi connectivity index (χ0v) is 11.4. The SMILES string of the molecule is O=C1NCCOc2ccc(-c3ccc(C(F)(F)F)cc3)cc21. The van der Waals surface area contributed by atoms with E-state index in [1.54, 1.807) is 18.2 Å². The highest BCUT2D eigenvalue weighted by Gasteiger charge is 2.30. The zero-order valence-electron chi connectivity index (χ0n) is 11.4. The molecule has 0 atom stereocenters. The van der Waals surface area contributed by atoms with Crippen LogP contribution in [-0.4, -0.2) is 19.1 Å². The van der Waals surface area contributed by atoms with Gasteiger partial charge in [-0.05, 0) is 35.4 Å². The first-order valence-corrected chi connectivity index (χ1v) is 6.68. The van der Waals surface area contributed by atoms with Crippen molar-refractivity contribution in [3.05, 3.63) is 53.6 Å². The molecule has 0 spiro atoms. The van der Waals surface area contributed by atoms with Crippen molar-refractivity contribution < 1.29 is 22.7 Å². The average Bonchev–Trinajstić information content (AvgIpc) is 2.68. The Bertz CT molecular complexity index is 708. The monoisotopic (exact) mass is 307 g/mol. The maximum atomic E-state index is 12.6. The minimum atomic E-state index is -4.36. The first kappa shape index (κ1) is 14.4. The summed E-state index contributed by atoms with van der Waals surface area (Å²) in [6.07, 6.45) is -4.36. The molecule has 0 aromatic heterocycles. The molecule has 3 rings (SSSR count). The number of fused-ring (bicyclic) bond motifs is 1. The Labute approximate surface area is 124 Å². The molecular formula is C16H12F3NO2. The lowest BCUT2D eigenvalue weighted by molar-refractivity contribution is -0.137. The van der Waals surface area contributed by atoms with Gasteiger partial charge in [0.1, 0.15) is 12.4 Å². The number of nitrogens with one attached hydrogen (secondary N) is 1. The summed E-state index contributed by atoms with van der Waals surface area (Å²) in [5.41, 5.74) is 0.947. The molecule has 0 unspecified atom stereocenters. The van der Waals surface area contributed by atoms with Crippen LogP contribution in [0.4, 0.5) is 13.2 Å². The van der Waals surface area contributed by atoms with Crippen LogP contribution in [0.5, 0.6) is 5.75 Å². The van der Waals surface area contributed by atoms with Crippen molar-refractivity contribution in [1.29, 1.82) is 0 Å². The molecule has 2 aromatic rings. The molecule has 1 aliphatic heterocycles. The normalized spacial score (nSPS) is 14.6. The van der Waals surface area contributed by atoms with E-state index in [-0.39, 0.29) is 5.91 Å². The quantitative estimate of drug-likeness (QED) is 0.876. The van der Waals surface area contributed by atoms with Crippen molar-refractivity contribution in [2.75, 3.05) is 13.2 Å². The van der Waals surface area contributed by atoms with Crippen LogP contribution in [0.15, 0.2) is 42.5 Å². The fourth-order valence-electron chi connectivity index (χ4n) is 2.29. The molecule has 0 saturated carbocycles. The van der Waals surface area contributed by atoms with Gasteiger partial charge in [-0.3, -0.25) is 4.79 Å². The van der Waals surface area contributed by atoms with Gasteiger partial charge in [-0.2, -0.15) is 13.2 Å². The minimum absolute atomic E-state index is 0.249. The molecule has 1 heterocycles. The van der Waals surface area contributed by atoms with E-state index in [0.717, 1.165) is 12.1 Å². The Balaban J connectivity index is 1.97. The summed E-state index contributed by atoms with van der Waals surface area (Å²) in [4.78, 5) is 11.9. The van der Waals surface area contributed by atoms with Gasteiger partial charge in [-0.15, -0.1) is 0 Å². The van der Waals surface area contributed by atoms with Crippen molar-refractivity contribution in [2.45, 2.75) is 6.18 Å². The highest BCUT2D eigenvalue weighted by atomic mass is 19.4. The van der Waals surface area contributed by atoms with Crippen LogP contribution in [0, 0.1) is 0 Å². The summed E-state index contributed by atoms with van der Waals surface area (Å²) in [5.74, 6) is 0.229. The van der Waals surface area contributed by atoms with Gasteiger partial charge >= 0.3 is 6.18 Å². The largest absolute Gasteiger partial charge is 0.491 e. The summed E-state index contributed by atoms with van der Waals surface area (Å²) in [6, 6.07) is 9.83. The lowest BCUT2D eigenvalue weighted by atomic mass is 10.0. The highest BCUT2D eigenvalue weighted by Crippen LogP contribution is 2.32. The number of halogens is 3. The molecule has 0 radical (unpaired) electrons. The lowest BCUT2D eigenvalue weighted by Crippen LogP contribution is -2.24. The maximum absolute atomic E-state index is 12.6. The third-order valence-electron chi connectivity index (χ3n) is 3.41. The van der Waals surface area contributed by atoms with Crippen LogP contribution in [0.25, 0.3) is 11.1 Å². The molecule has 0 saturated heterocycles. The van der Waals surface area contributed by atoms with Crippen LogP contribution >= 0.6 is 0 Å². The standard InChI is InChI=1S/C16H12F3NO2/c17-16(18,19)12-4-1-10(2-5-12)11-3-6-14-13(9-11)15(21)20-7-8-22-14/h1-6,9H,7-8H2,(H,20,21). The van der Waals surface area contributed by atoms with E-state index in [9.17, 15) is 18.0 Å². The predicted octanol–water partition coefficient (Wildman–Crippen LogP) is 3.49. The molecule has 114 valence electrons. The van der Waals surface area contributed by atoms with Crippen LogP contribution in [-0.2, 0) is 6.18 Å². The molecule has 1 N–H and O–H groups in total. The Morgan fingerprint density at radius 2 is 1.68 bits per heavy atom. The maximum Gasteiger partial charge on any atom is 0.416 e. The second-order valence-corrected chi connectivity index (χ2v) is 4.89. The second-order valence-electron chi connectivity index (χ2n) is 4.89. The average molecular weight is 307 g/mol. The molecule has 1 amide bonds. The number of rotatable bonds is 1. The summed E-state index contributed by atoms with van der Waals surface area (Å²) >= 11 is 0. The number of carbonyl (C=O) groups is 1. The van der Waals surface area contributed by atoms with Crippen molar-refractivity contribution in [3.63, 3.8) is 0 Å². The van der Waals surface area contributed by atoms with Crippen molar-refractivity contribution >= 4 is 5.91 Å². The number of benzene rings is 2. The molecule has 22 heavy (non-hydrogen) atoms. The van der Waals surface area contributed by atoms with E-state index in [4.69, 9.17) is 4.74 Å². The number of amides is 1. The van der Waals surface area contributed by atoms with Gasteiger partial charge in [-0.1, -0.05) is 18.2 Å². The molecule has 2 aromatic carbocycles. The van der Waals surface area contributed by atoms with Crippen molar-refractivity contribution in [2.24, 2.45) is 0 Å². The number of alkyl halides is 3. The minimum Gasteiger partial charge on any atom is -0.491 e. The van der Waals surface area contributed by atoms with E-state index in [2.05, 4.69) is 5.32 Å². The summed E-state index contributed by atoms with van der Waals surface area (Å²) in [5, 5.41) is 2.70. The third kappa shape index (κ3) is 2.77. The van der Waals surface area contributed by atoms with E-state index in [1.807, 2.05) is 0 Å². The van der Waals surface area contributed by atoms with Crippen LogP contribution in [0.1, 0.15) is 15.9 Å². The van der Waals surface area contributed by atoms with Crippen LogP contribution < -0.4 is 10.1 Å². The van der Waals surface area contributed by atoms with Gasteiger partial charge in [0, 0.05) is 0 Å². The molecular weight excluding hydrogens is 295 g/mol. The number of hydrogen-bond acceptors (Lipinski definition) is 2. The first-order chi connectivity index (χ1) is 10.4. The molecule has 3 nitrogen and oxygen atoms in total. The molecule has 0 aliphatic carbocycles. The highest BCUT2D eigenvalue weighted by molar-refractivity contribution is 5.98. The first-order valence-electron chi connectivity index (χ1n) is 6.68. The predicted molar refractivity (Wildman–Crippen MR) is 74.7 cm³/mol. The van der Waals surface area contributed by atoms with E-state index in [1.165, 1.54) is 12.1 Å². The van der Waals surface area contributed by atoms with Gasteiger partial charge < -0.3 is 10.1 Å². The van der Waals surface area contributed by atoms with Crippen LogP contribution in [0.3, 0.4) is 0 Å². The Kier molecular flexibility index (Phi) is 3.52. The fourth-order valence-corrected chi connectivity index (χ4v) is 2.29.